The van der Waals surface area contributed by atoms with Crippen molar-refractivity contribution in [3.8, 4) is 0 Å². The van der Waals surface area contributed by atoms with Gasteiger partial charge in [-0.2, -0.15) is 18.2 Å². The van der Waals surface area contributed by atoms with E-state index in [1.54, 1.807) is 0 Å². The van der Waals surface area contributed by atoms with Gasteiger partial charge in [0.05, 0.1) is 28.2 Å². The molecule has 9 heteroatoms. The Bertz CT molecular complexity index is 646. The molecule has 0 amide bonds. The van der Waals surface area contributed by atoms with Gasteiger partial charge in [-0.1, -0.05) is 11.6 Å². The molecule has 0 bridgehead atoms. The molecule has 1 aromatic carbocycles. The van der Waals surface area contributed by atoms with Crippen molar-refractivity contribution in [1.82, 2.24) is 9.97 Å². The van der Waals surface area contributed by atoms with Gasteiger partial charge in [0.25, 0.3) is 0 Å². The van der Waals surface area contributed by atoms with Gasteiger partial charge in [0.2, 0.25) is 5.28 Å². The van der Waals surface area contributed by atoms with E-state index in [0.717, 1.165) is 12.1 Å². The minimum absolute atomic E-state index is 0.0512. The number of nitrogens with two attached hydrogens (primary N) is 1. The van der Waals surface area contributed by atoms with Crippen molar-refractivity contribution in [2.45, 2.75) is 6.18 Å². The van der Waals surface area contributed by atoms with Gasteiger partial charge < -0.3 is 11.1 Å². The van der Waals surface area contributed by atoms with Gasteiger partial charge in [-0.15, -0.1) is 0 Å². The highest BCUT2D eigenvalue weighted by atomic mass is 35.5. The number of halogens is 5. The second-order valence-electron chi connectivity index (χ2n) is 3.76. The van der Waals surface area contributed by atoms with E-state index in [-0.39, 0.29) is 27.5 Å². The normalized spacial score (nSPS) is 11.4. The number of nitrogens with one attached hydrogen (secondary N) is 1. The number of nitrogens with zero attached hydrogens (tertiary/aromatic N) is 2. The van der Waals surface area contributed by atoms with Gasteiger partial charge in [0.1, 0.15) is 0 Å². The van der Waals surface area contributed by atoms with E-state index in [2.05, 4.69) is 15.3 Å². The van der Waals surface area contributed by atoms with Crippen LogP contribution in [0.3, 0.4) is 0 Å². The summed E-state index contributed by atoms with van der Waals surface area (Å²) in [5.74, 6) is 0.159. The lowest BCUT2D eigenvalue weighted by atomic mass is 10.2. The van der Waals surface area contributed by atoms with Crippen molar-refractivity contribution >= 4 is 40.4 Å². The van der Waals surface area contributed by atoms with Crippen LogP contribution < -0.4 is 11.1 Å². The van der Waals surface area contributed by atoms with Gasteiger partial charge in [0, 0.05) is 0 Å². The predicted molar refractivity (Wildman–Crippen MR) is 71.2 cm³/mol. The molecule has 2 rings (SSSR count). The summed E-state index contributed by atoms with van der Waals surface area (Å²) in [5.41, 5.74) is 5.18. The Hall–Kier alpha value is -1.73. The first kappa shape index (κ1) is 14.7. The molecule has 1 aromatic heterocycles. The standard InChI is InChI=1S/C11H7Cl2F3N4/c12-6-3-5(11(14,15)16)1-2-8(6)19-9-7(17)4-18-10(13)20-9/h1-4H,17H2,(H,18,19,20). The molecule has 0 aliphatic rings. The van der Waals surface area contributed by atoms with Crippen molar-refractivity contribution < 1.29 is 13.2 Å². The zero-order chi connectivity index (χ0) is 14.9. The number of benzene rings is 1. The van der Waals surface area contributed by atoms with Crippen LogP contribution in [-0.4, -0.2) is 9.97 Å². The van der Waals surface area contributed by atoms with Crippen LogP contribution in [0, 0.1) is 0 Å². The van der Waals surface area contributed by atoms with Crippen LogP contribution in [0.2, 0.25) is 10.3 Å². The molecule has 20 heavy (non-hydrogen) atoms. The topological polar surface area (TPSA) is 63.8 Å². The molecule has 0 radical (unpaired) electrons. The molecule has 0 spiro atoms. The van der Waals surface area contributed by atoms with Crippen LogP contribution in [0.25, 0.3) is 0 Å². The maximum atomic E-state index is 12.5. The summed E-state index contributed by atoms with van der Waals surface area (Å²) in [5, 5.41) is 2.53. The highest BCUT2D eigenvalue weighted by Gasteiger charge is 2.30. The molecule has 0 aliphatic carbocycles. The fraction of sp³-hybridized carbons (Fsp3) is 0.0909. The van der Waals surface area contributed by atoms with Crippen molar-refractivity contribution in [2.24, 2.45) is 0 Å². The third-order valence-corrected chi connectivity index (χ3v) is 2.83. The lowest BCUT2D eigenvalue weighted by Crippen LogP contribution is -2.06. The van der Waals surface area contributed by atoms with E-state index in [9.17, 15) is 13.2 Å². The van der Waals surface area contributed by atoms with Gasteiger partial charge in [-0.3, -0.25) is 0 Å². The summed E-state index contributed by atoms with van der Waals surface area (Å²) >= 11 is 11.4. The predicted octanol–water partition coefficient (Wildman–Crippen LogP) is 4.13. The highest BCUT2D eigenvalue weighted by molar-refractivity contribution is 6.33. The third kappa shape index (κ3) is 3.23. The molecule has 0 unspecified atom stereocenters. The number of anilines is 3. The number of aromatic nitrogens is 2. The van der Waals surface area contributed by atoms with Gasteiger partial charge >= 0.3 is 6.18 Å². The average molecular weight is 323 g/mol. The monoisotopic (exact) mass is 322 g/mol. The fourth-order valence-electron chi connectivity index (χ4n) is 1.39. The first-order chi connectivity index (χ1) is 9.27. The highest BCUT2D eigenvalue weighted by Crippen LogP contribution is 2.35. The van der Waals surface area contributed by atoms with Crippen LogP contribution in [0.4, 0.5) is 30.4 Å². The second kappa shape index (κ2) is 5.34. The molecule has 2 aromatic rings. The van der Waals surface area contributed by atoms with Crippen molar-refractivity contribution in [2.75, 3.05) is 11.1 Å². The maximum Gasteiger partial charge on any atom is 0.416 e. The molecule has 0 saturated heterocycles. The third-order valence-electron chi connectivity index (χ3n) is 2.34. The molecule has 0 aliphatic heterocycles. The molecule has 3 N–H and O–H groups in total. The van der Waals surface area contributed by atoms with E-state index >= 15 is 0 Å². The summed E-state index contributed by atoms with van der Waals surface area (Å²) < 4.78 is 37.5. The number of nitrogen functional groups attached to an aromatic ring is 1. The Morgan fingerprint density at radius 3 is 2.50 bits per heavy atom. The van der Waals surface area contributed by atoms with Crippen LogP contribution in [0.15, 0.2) is 24.4 Å². The van der Waals surface area contributed by atoms with E-state index in [4.69, 9.17) is 28.9 Å². The van der Waals surface area contributed by atoms with Crippen LogP contribution in [0.5, 0.6) is 0 Å². The quantitative estimate of drug-likeness (QED) is 0.816. The van der Waals surface area contributed by atoms with Gasteiger partial charge in [-0.05, 0) is 29.8 Å². The lowest BCUT2D eigenvalue weighted by molar-refractivity contribution is -0.137. The number of hydrogen-bond donors (Lipinski definition) is 2. The van der Waals surface area contributed by atoms with Gasteiger partial charge in [-0.25, -0.2) is 4.98 Å². The second-order valence-corrected chi connectivity index (χ2v) is 4.51. The summed E-state index contributed by atoms with van der Waals surface area (Å²) in [4.78, 5) is 7.48. The Labute approximate surface area is 121 Å². The molecule has 0 atom stereocenters. The smallest absolute Gasteiger partial charge is 0.394 e. The lowest BCUT2D eigenvalue weighted by Gasteiger charge is -2.12. The number of rotatable bonds is 2. The Morgan fingerprint density at radius 2 is 1.90 bits per heavy atom. The van der Waals surface area contributed by atoms with Crippen LogP contribution >= 0.6 is 23.2 Å². The molecule has 106 valence electrons. The minimum Gasteiger partial charge on any atom is -0.394 e. The van der Waals surface area contributed by atoms with Crippen LogP contribution in [0.1, 0.15) is 5.56 Å². The van der Waals surface area contributed by atoms with Crippen molar-refractivity contribution in [3.63, 3.8) is 0 Å². The molecule has 1 heterocycles. The molecular formula is C11H7Cl2F3N4. The van der Waals surface area contributed by atoms with E-state index < -0.39 is 11.7 Å². The Morgan fingerprint density at radius 1 is 1.20 bits per heavy atom. The SMILES string of the molecule is Nc1cnc(Cl)nc1Nc1ccc(C(F)(F)F)cc1Cl. The first-order valence-corrected chi connectivity index (χ1v) is 5.95. The summed E-state index contributed by atoms with van der Waals surface area (Å²) in [7, 11) is 0. The fourth-order valence-corrected chi connectivity index (χ4v) is 1.75. The van der Waals surface area contributed by atoms with Crippen molar-refractivity contribution in [1.29, 1.82) is 0 Å². The summed E-state index contributed by atoms with van der Waals surface area (Å²) in [6, 6.07) is 2.89. The van der Waals surface area contributed by atoms with E-state index in [1.807, 2.05) is 0 Å². The zero-order valence-corrected chi connectivity index (χ0v) is 11.2. The zero-order valence-electron chi connectivity index (χ0n) is 9.67. The van der Waals surface area contributed by atoms with Crippen LogP contribution in [-0.2, 0) is 6.18 Å². The summed E-state index contributed by atoms with van der Waals surface area (Å²) in [6.07, 6.45) is -3.19. The molecule has 4 nitrogen and oxygen atoms in total. The summed E-state index contributed by atoms with van der Waals surface area (Å²) in [6.45, 7) is 0. The number of alkyl halides is 3. The number of hydrogen-bond acceptors (Lipinski definition) is 4. The maximum absolute atomic E-state index is 12.5. The molecule has 0 fully saturated rings. The van der Waals surface area contributed by atoms with E-state index in [1.165, 1.54) is 12.3 Å². The largest absolute Gasteiger partial charge is 0.416 e. The Kier molecular flexibility index (Phi) is 3.92. The minimum atomic E-state index is -4.46. The van der Waals surface area contributed by atoms with E-state index in [0.29, 0.717) is 0 Å². The molecular weight excluding hydrogens is 316 g/mol. The average Bonchev–Trinajstić information content (AvgIpc) is 2.35. The molecule has 0 saturated carbocycles. The Balaban J connectivity index is 2.33. The first-order valence-electron chi connectivity index (χ1n) is 5.19. The van der Waals surface area contributed by atoms with Gasteiger partial charge in [0.15, 0.2) is 5.82 Å². The van der Waals surface area contributed by atoms with Crippen molar-refractivity contribution in [3.05, 3.63) is 40.3 Å².